The van der Waals surface area contributed by atoms with Gasteiger partial charge >= 0.3 is 6.18 Å². The number of fused-ring (bicyclic) bond motifs is 1. The molecule has 0 fully saturated rings. The summed E-state index contributed by atoms with van der Waals surface area (Å²) < 4.78 is 40.8. The number of thioether (sulfide) groups is 1. The zero-order chi connectivity index (χ0) is 20.7. The lowest BCUT2D eigenvalue weighted by Gasteiger charge is -2.26. The Morgan fingerprint density at radius 3 is 2.57 bits per heavy atom. The number of halogens is 3. The van der Waals surface area contributed by atoms with Crippen LogP contribution in [0.2, 0.25) is 0 Å². The van der Waals surface area contributed by atoms with Gasteiger partial charge in [-0.25, -0.2) is 4.98 Å². The monoisotopic (exact) mass is 411 g/mol. The molecule has 1 amide bonds. The van der Waals surface area contributed by atoms with Gasteiger partial charge < -0.3 is 5.32 Å². The highest BCUT2D eigenvalue weighted by atomic mass is 32.2. The van der Waals surface area contributed by atoms with E-state index in [-0.39, 0.29) is 23.2 Å². The van der Waals surface area contributed by atoms with E-state index in [4.69, 9.17) is 0 Å². The smallest absolute Gasteiger partial charge is 0.325 e. The van der Waals surface area contributed by atoms with Crippen molar-refractivity contribution in [3.8, 4) is 0 Å². The Morgan fingerprint density at radius 2 is 1.93 bits per heavy atom. The molecule has 9 heteroatoms. The zero-order valence-corrected chi connectivity index (χ0v) is 16.4. The molecule has 1 aliphatic heterocycles. The van der Waals surface area contributed by atoms with Crippen molar-refractivity contribution in [2.24, 2.45) is 5.92 Å². The van der Waals surface area contributed by atoms with E-state index >= 15 is 0 Å². The summed E-state index contributed by atoms with van der Waals surface area (Å²) in [6, 6.07) is 6.28. The Hall–Kier alpha value is -2.29. The summed E-state index contributed by atoms with van der Waals surface area (Å²) in [5, 5.41) is 2.89. The van der Waals surface area contributed by atoms with E-state index in [0.717, 1.165) is 6.07 Å². The molecule has 0 bridgehead atoms. The summed E-state index contributed by atoms with van der Waals surface area (Å²) in [5.74, 6) is -0.861. The van der Waals surface area contributed by atoms with Crippen LogP contribution >= 0.6 is 11.8 Å². The number of aromatic nitrogens is 2. The number of hydrogen-bond acceptors (Lipinski definition) is 4. The fourth-order valence-electron chi connectivity index (χ4n) is 2.83. The van der Waals surface area contributed by atoms with Gasteiger partial charge in [0.05, 0.1) is 22.9 Å². The lowest BCUT2D eigenvalue weighted by molar-refractivity contribution is -0.137. The maximum absolute atomic E-state index is 13.1. The molecule has 2 heterocycles. The molecular formula is C19H20F3N3O2S. The summed E-state index contributed by atoms with van der Waals surface area (Å²) in [5.41, 5.74) is -1.08. The van der Waals surface area contributed by atoms with Crippen molar-refractivity contribution in [2.45, 2.75) is 44.1 Å². The molecule has 0 saturated heterocycles. The van der Waals surface area contributed by atoms with Crippen LogP contribution in [0.15, 0.2) is 40.3 Å². The minimum Gasteiger partial charge on any atom is -0.325 e. The van der Waals surface area contributed by atoms with E-state index in [0.29, 0.717) is 16.6 Å². The van der Waals surface area contributed by atoms with Crippen molar-refractivity contribution in [3.63, 3.8) is 0 Å². The van der Waals surface area contributed by atoms with Crippen LogP contribution in [0.4, 0.5) is 18.9 Å². The summed E-state index contributed by atoms with van der Waals surface area (Å²) in [6.07, 6.45) is -4.57. The summed E-state index contributed by atoms with van der Waals surface area (Å²) >= 11 is 1.26. The van der Waals surface area contributed by atoms with Crippen molar-refractivity contribution in [3.05, 3.63) is 51.9 Å². The molecule has 150 valence electrons. The number of nitrogens with one attached hydrogen (secondary N) is 1. The number of benzene rings is 1. The van der Waals surface area contributed by atoms with E-state index in [1.807, 2.05) is 20.8 Å². The maximum Gasteiger partial charge on any atom is 0.418 e. The normalized spacial score (nSPS) is 17.1. The number of alkyl halides is 3. The van der Waals surface area contributed by atoms with Crippen molar-refractivity contribution >= 4 is 23.4 Å². The molecule has 3 rings (SSSR count). The molecule has 1 N–H and O–H groups in total. The third-order valence-electron chi connectivity index (χ3n) is 4.42. The molecule has 1 unspecified atom stereocenters. The fraction of sp³-hybridized carbons (Fsp3) is 0.421. The Kier molecular flexibility index (Phi) is 5.31. The highest BCUT2D eigenvalue weighted by Gasteiger charge is 2.35. The SMILES string of the molecule is CC(C)(C)c1cc(=O)n2c(n1)SCC(C(=O)Nc1ccccc1C(F)(F)F)C2. The average molecular weight is 411 g/mol. The number of amides is 1. The predicted octanol–water partition coefficient (Wildman–Crippen LogP) is 3.92. The van der Waals surface area contributed by atoms with E-state index in [9.17, 15) is 22.8 Å². The third-order valence-corrected chi connectivity index (χ3v) is 5.56. The lowest BCUT2D eigenvalue weighted by atomic mass is 9.92. The van der Waals surface area contributed by atoms with Gasteiger partial charge in [0.2, 0.25) is 5.91 Å². The van der Waals surface area contributed by atoms with Gasteiger partial charge in [-0.3, -0.25) is 14.2 Å². The molecule has 0 aliphatic carbocycles. The van der Waals surface area contributed by atoms with E-state index < -0.39 is 23.6 Å². The molecule has 0 radical (unpaired) electrons. The highest BCUT2D eigenvalue weighted by Crippen LogP contribution is 2.35. The van der Waals surface area contributed by atoms with Gasteiger partial charge in [-0.1, -0.05) is 44.7 Å². The first-order chi connectivity index (χ1) is 13.0. The number of carbonyl (C=O) groups excluding carboxylic acids is 1. The minimum absolute atomic E-state index is 0.0820. The van der Waals surface area contributed by atoms with E-state index in [1.54, 1.807) is 0 Å². The van der Waals surface area contributed by atoms with Crippen LogP contribution in [0.25, 0.3) is 0 Å². The quantitative estimate of drug-likeness (QED) is 0.761. The molecule has 1 aliphatic rings. The molecule has 1 aromatic carbocycles. The number of carbonyl (C=O) groups is 1. The van der Waals surface area contributed by atoms with Crippen molar-refractivity contribution in [1.29, 1.82) is 0 Å². The number of anilines is 1. The van der Waals surface area contributed by atoms with E-state index in [2.05, 4.69) is 10.3 Å². The van der Waals surface area contributed by atoms with Gasteiger partial charge in [0, 0.05) is 23.8 Å². The van der Waals surface area contributed by atoms with Gasteiger partial charge in [-0.05, 0) is 12.1 Å². The molecule has 0 saturated carbocycles. The second kappa shape index (κ2) is 7.27. The summed E-state index contributed by atoms with van der Waals surface area (Å²) in [6.45, 7) is 5.94. The van der Waals surface area contributed by atoms with Crippen LogP contribution < -0.4 is 10.9 Å². The second-order valence-corrected chi connectivity index (χ2v) is 8.65. The molecule has 5 nitrogen and oxygen atoms in total. The van der Waals surface area contributed by atoms with Crippen molar-refractivity contribution in [1.82, 2.24) is 9.55 Å². The van der Waals surface area contributed by atoms with Gasteiger partial charge in [-0.15, -0.1) is 0 Å². The van der Waals surface area contributed by atoms with Crippen molar-refractivity contribution < 1.29 is 18.0 Å². The summed E-state index contributed by atoms with van der Waals surface area (Å²) in [7, 11) is 0. The standard InChI is InChI=1S/C19H20F3N3O2S/c1-18(2,3)14-8-15(26)25-9-11(10-28-17(25)24-14)16(27)23-13-7-5-4-6-12(13)19(20,21)22/h4-8,11H,9-10H2,1-3H3,(H,23,27). The molecule has 2 aromatic rings. The number of hydrogen-bond donors (Lipinski definition) is 1. The largest absolute Gasteiger partial charge is 0.418 e. The van der Waals surface area contributed by atoms with Crippen molar-refractivity contribution in [2.75, 3.05) is 11.1 Å². The van der Waals surface area contributed by atoms with E-state index in [1.165, 1.54) is 40.6 Å². The Balaban J connectivity index is 1.82. The van der Waals surface area contributed by atoms with Crippen LogP contribution in [0.3, 0.4) is 0 Å². The maximum atomic E-state index is 13.1. The van der Waals surface area contributed by atoms with Crippen LogP contribution in [-0.2, 0) is 22.9 Å². The van der Waals surface area contributed by atoms with Gasteiger partial charge in [-0.2, -0.15) is 13.2 Å². The molecule has 0 spiro atoms. The lowest BCUT2D eigenvalue weighted by Crippen LogP contribution is -2.38. The first-order valence-corrected chi connectivity index (χ1v) is 9.67. The Bertz CT molecular complexity index is 964. The van der Waals surface area contributed by atoms with Crippen LogP contribution in [-0.4, -0.2) is 21.2 Å². The average Bonchev–Trinajstić information content (AvgIpc) is 2.60. The molecule has 28 heavy (non-hydrogen) atoms. The Morgan fingerprint density at radius 1 is 1.25 bits per heavy atom. The van der Waals surface area contributed by atoms with Crippen LogP contribution in [0.1, 0.15) is 32.0 Å². The topological polar surface area (TPSA) is 64.0 Å². The van der Waals surface area contributed by atoms with Gasteiger partial charge in [0.25, 0.3) is 5.56 Å². The zero-order valence-electron chi connectivity index (χ0n) is 15.6. The number of rotatable bonds is 2. The summed E-state index contributed by atoms with van der Waals surface area (Å²) in [4.78, 5) is 29.6. The first kappa shape index (κ1) is 20.4. The second-order valence-electron chi connectivity index (χ2n) is 7.66. The Labute approximate surface area is 164 Å². The fourth-order valence-corrected chi connectivity index (χ4v) is 3.92. The van der Waals surface area contributed by atoms with Crippen LogP contribution in [0, 0.1) is 5.92 Å². The number of para-hydroxylation sites is 1. The van der Waals surface area contributed by atoms with Gasteiger partial charge in [0.1, 0.15) is 0 Å². The van der Waals surface area contributed by atoms with Gasteiger partial charge in [0.15, 0.2) is 5.16 Å². The molecule has 1 aromatic heterocycles. The molecule has 1 atom stereocenters. The van der Waals surface area contributed by atoms with Crippen LogP contribution in [0.5, 0.6) is 0 Å². The third kappa shape index (κ3) is 4.24. The predicted molar refractivity (Wildman–Crippen MR) is 101 cm³/mol. The highest BCUT2D eigenvalue weighted by molar-refractivity contribution is 7.99. The first-order valence-electron chi connectivity index (χ1n) is 8.69. The minimum atomic E-state index is -4.57. The number of nitrogens with zero attached hydrogens (tertiary/aromatic N) is 2. The molecular weight excluding hydrogens is 391 g/mol.